The number of benzene rings is 1. The van der Waals surface area contributed by atoms with Crippen LogP contribution in [-0.4, -0.2) is 16.3 Å². The van der Waals surface area contributed by atoms with Gasteiger partial charge in [0.05, 0.1) is 6.20 Å². The van der Waals surface area contributed by atoms with Crippen molar-refractivity contribution in [2.24, 2.45) is 0 Å². The predicted molar refractivity (Wildman–Crippen MR) is 85.0 cm³/mol. The lowest BCUT2D eigenvalue weighted by Gasteiger charge is -2.09. The lowest BCUT2D eigenvalue weighted by molar-refractivity contribution is 0.603. The molecule has 1 N–H and O–H groups in total. The number of nitrogens with zero attached hydrogens (tertiary/aromatic N) is 2. The minimum absolute atomic E-state index is 0.766. The highest BCUT2D eigenvalue weighted by molar-refractivity contribution is 6.30. The summed E-state index contributed by atoms with van der Waals surface area (Å²) in [5.41, 5.74) is 3.57. The van der Waals surface area contributed by atoms with Crippen molar-refractivity contribution in [3.05, 3.63) is 41.2 Å². The molecule has 0 aliphatic carbocycles. The van der Waals surface area contributed by atoms with Gasteiger partial charge in [0, 0.05) is 29.9 Å². The molecule has 20 heavy (non-hydrogen) atoms. The summed E-state index contributed by atoms with van der Waals surface area (Å²) >= 11 is 6.15. The molecule has 0 amide bonds. The Morgan fingerprint density at radius 2 is 2.10 bits per heavy atom. The first kappa shape index (κ1) is 15.1. The maximum Gasteiger partial charge on any atom is 0.0568 e. The molecule has 0 aliphatic rings. The zero-order valence-electron chi connectivity index (χ0n) is 12.2. The predicted octanol–water partition coefficient (Wildman–Crippen LogP) is 4.11. The summed E-state index contributed by atoms with van der Waals surface area (Å²) in [5, 5.41) is 8.61. The van der Waals surface area contributed by atoms with Gasteiger partial charge in [-0.25, -0.2) is 0 Å². The number of aromatic nitrogens is 2. The highest BCUT2D eigenvalue weighted by Crippen LogP contribution is 2.26. The number of nitrogens with one attached hydrogen (secondary N) is 1. The minimum atomic E-state index is 0.766. The number of hydrogen-bond acceptors (Lipinski definition) is 2. The van der Waals surface area contributed by atoms with Gasteiger partial charge < -0.3 is 5.32 Å². The lowest BCUT2D eigenvalue weighted by atomic mass is 10.0. The summed E-state index contributed by atoms with van der Waals surface area (Å²) in [6.45, 7) is 7.16. The van der Waals surface area contributed by atoms with Gasteiger partial charge in [-0.05, 0) is 42.6 Å². The standard InChI is InChI=1S/C16H22ClN3/c1-3-7-18-10-13-5-6-15(17)9-16(13)14-11-19-20(12-14)8-4-2/h5-6,9,11-12,18H,3-4,7-8,10H2,1-2H3. The molecule has 0 atom stereocenters. The molecule has 0 radical (unpaired) electrons. The zero-order valence-corrected chi connectivity index (χ0v) is 13.0. The number of aryl methyl sites for hydroxylation is 1. The van der Waals surface area contributed by atoms with Crippen LogP contribution >= 0.6 is 11.6 Å². The average Bonchev–Trinajstić information content (AvgIpc) is 2.89. The fraction of sp³-hybridized carbons (Fsp3) is 0.438. The first-order valence-corrected chi connectivity index (χ1v) is 7.64. The van der Waals surface area contributed by atoms with E-state index in [2.05, 4.69) is 36.5 Å². The molecule has 2 aromatic rings. The molecule has 0 spiro atoms. The maximum absolute atomic E-state index is 6.15. The van der Waals surface area contributed by atoms with E-state index in [1.165, 1.54) is 11.1 Å². The van der Waals surface area contributed by atoms with E-state index in [-0.39, 0.29) is 0 Å². The number of rotatable bonds is 7. The van der Waals surface area contributed by atoms with Crippen LogP contribution in [-0.2, 0) is 13.1 Å². The van der Waals surface area contributed by atoms with E-state index in [1.54, 1.807) is 0 Å². The molecule has 4 heteroatoms. The van der Waals surface area contributed by atoms with Crippen molar-refractivity contribution in [1.82, 2.24) is 15.1 Å². The van der Waals surface area contributed by atoms with E-state index in [9.17, 15) is 0 Å². The molecule has 3 nitrogen and oxygen atoms in total. The van der Waals surface area contributed by atoms with E-state index in [1.807, 2.05) is 23.0 Å². The van der Waals surface area contributed by atoms with Gasteiger partial charge in [0.1, 0.15) is 0 Å². The SMILES string of the molecule is CCCNCc1ccc(Cl)cc1-c1cnn(CCC)c1. The molecule has 0 unspecified atom stereocenters. The summed E-state index contributed by atoms with van der Waals surface area (Å²) in [4.78, 5) is 0. The van der Waals surface area contributed by atoms with Gasteiger partial charge in [-0.15, -0.1) is 0 Å². The second kappa shape index (κ2) is 7.46. The molecule has 2 rings (SSSR count). The molecule has 0 saturated carbocycles. The number of hydrogen-bond donors (Lipinski definition) is 1. The maximum atomic E-state index is 6.15. The van der Waals surface area contributed by atoms with Crippen LogP contribution in [0.25, 0.3) is 11.1 Å². The normalized spacial score (nSPS) is 10.9. The van der Waals surface area contributed by atoms with Crippen molar-refractivity contribution in [3.8, 4) is 11.1 Å². The van der Waals surface area contributed by atoms with Gasteiger partial charge in [-0.2, -0.15) is 5.10 Å². The fourth-order valence-electron chi connectivity index (χ4n) is 2.23. The monoisotopic (exact) mass is 291 g/mol. The van der Waals surface area contributed by atoms with E-state index in [4.69, 9.17) is 11.6 Å². The molecule has 1 heterocycles. The number of halogens is 1. The van der Waals surface area contributed by atoms with Crippen molar-refractivity contribution in [1.29, 1.82) is 0 Å². The van der Waals surface area contributed by atoms with E-state index < -0.39 is 0 Å². The van der Waals surface area contributed by atoms with Gasteiger partial charge >= 0.3 is 0 Å². The molecular weight excluding hydrogens is 270 g/mol. The van der Waals surface area contributed by atoms with Crippen molar-refractivity contribution in [2.75, 3.05) is 6.54 Å². The molecular formula is C16H22ClN3. The summed E-state index contributed by atoms with van der Waals surface area (Å²) in [6.07, 6.45) is 6.24. The highest BCUT2D eigenvalue weighted by atomic mass is 35.5. The third-order valence-electron chi connectivity index (χ3n) is 3.21. The smallest absolute Gasteiger partial charge is 0.0568 e. The summed E-state index contributed by atoms with van der Waals surface area (Å²) in [7, 11) is 0. The largest absolute Gasteiger partial charge is 0.313 e. The van der Waals surface area contributed by atoms with Gasteiger partial charge in [-0.1, -0.05) is 31.5 Å². The first-order valence-electron chi connectivity index (χ1n) is 7.26. The molecule has 1 aromatic heterocycles. The Bertz CT molecular complexity index is 548. The van der Waals surface area contributed by atoms with Crippen LogP contribution in [0.2, 0.25) is 5.02 Å². The lowest BCUT2D eigenvalue weighted by Crippen LogP contribution is -2.14. The Morgan fingerprint density at radius 3 is 2.85 bits per heavy atom. The molecule has 108 valence electrons. The van der Waals surface area contributed by atoms with Gasteiger partial charge in [0.15, 0.2) is 0 Å². The van der Waals surface area contributed by atoms with Crippen LogP contribution < -0.4 is 5.32 Å². The summed E-state index contributed by atoms with van der Waals surface area (Å²) in [6, 6.07) is 6.07. The third-order valence-corrected chi connectivity index (χ3v) is 3.45. The first-order chi connectivity index (χ1) is 9.74. The van der Waals surface area contributed by atoms with Gasteiger partial charge in [0.2, 0.25) is 0 Å². The zero-order chi connectivity index (χ0) is 14.4. The fourth-order valence-corrected chi connectivity index (χ4v) is 2.40. The van der Waals surface area contributed by atoms with Crippen LogP contribution in [0, 0.1) is 0 Å². The Kier molecular flexibility index (Phi) is 5.62. The summed E-state index contributed by atoms with van der Waals surface area (Å²) < 4.78 is 1.99. The van der Waals surface area contributed by atoms with Crippen molar-refractivity contribution in [2.45, 2.75) is 39.8 Å². The Balaban J connectivity index is 2.25. The van der Waals surface area contributed by atoms with Crippen molar-refractivity contribution >= 4 is 11.6 Å². The Hall–Kier alpha value is -1.32. The highest BCUT2D eigenvalue weighted by Gasteiger charge is 2.08. The third kappa shape index (κ3) is 3.84. The average molecular weight is 292 g/mol. The van der Waals surface area contributed by atoms with Crippen LogP contribution in [0.1, 0.15) is 32.3 Å². The van der Waals surface area contributed by atoms with Crippen LogP contribution in [0.3, 0.4) is 0 Å². The van der Waals surface area contributed by atoms with Gasteiger partial charge in [0.25, 0.3) is 0 Å². The summed E-state index contributed by atoms with van der Waals surface area (Å²) in [5.74, 6) is 0. The van der Waals surface area contributed by atoms with Crippen LogP contribution in [0.5, 0.6) is 0 Å². The van der Waals surface area contributed by atoms with E-state index >= 15 is 0 Å². The van der Waals surface area contributed by atoms with Crippen LogP contribution in [0.4, 0.5) is 0 Å². The second-order valence-electron chi connectivity index (χ2n) is 4.97. The minimum Gasteiger partial charge on any atom is -0.313 e. The molecule has 0 fully saturated rings. The molecule has 0 bridgehead atoms. The van der Waals surface area contributed by atoms with Gasteiger partial charge in [-0.3, -0.25) is 4.68 Å². The Morgan fingerprint density at radius 1 is 1.25 bits per heavy atom. The molecule has 0 saturated heterocycles. The van der Waals surface area contributed by atoms with Crippen molar-refractivity contribution < 1.29 is 0 Å². The van der Waals surface area contributed by atoms with E-state index in [0.717, 1.165) is 43.1 Å². The van der Waals surface area contributed by atoms with E-state index in [0.29, 0.717) is 0 Å². The second-order valence-corrected chi connectivity index (χ2v) is 5.41. The topological polar surface area (TPSA) is 29.9 Å². The van der Waals surface area contributed by atoms with Crippen LogP contribution in [0.15, 0.2) is 30.6 Å². The van der Waals surface area contributed by atoms with Crippen molar-refractivity contribution in [3.63, 3.8) is 0 Å². The molecule has 1 aromatic carbocycles. The molecule has 0 aliphatic heterocycles. The quantitative estimate of drug-likeness (QED) is 0.778. The Labute approximate surface area is 126 Å².